The Balaban J connectivity index is 2.79. The highest BCUT2D eigenvalue weighted by Gasteiger charge is 2.37. The van der Waals surface area contributed by atoms with E-state index in [2.05, 4.69) is 13.2 Å². The number of hydrogen-bond acceptors (Lipinski definition) is 10. The van der Waals surface area contributed by atoms with E-state index >= 15 is 0 Å². The SMILES string of the molecule is C=CCOC(=O)Oc1c(Cl)cc(C(C)(C)c2cc(Cl)c(OC(=O)OCC=C)c(Cl)c2OCC(C)O)c(OCC(C)O)c1Cl. The number of hydrogen-bond donors (Lipinski definition) is 2. The highest BCUT2D eigenvalue weighted by Crippen LogP contribution is 2.53. The molecule has 0 saturated carbocycles. The van der Waals surface area contributed by atoms with E-state index in [0.29, 0.717) is 11.1 Å². The molecular weight excluding hydrogens is 650 g/mol. The van der Waals surface area contributed by atoms with Crippen LogP contribution in [-0.4, -0.2) is 61.2 Å². The zero-order valence-corrected chi connectivity index (χ0v) is 26.9. The molecule has 0 aliphatic heterocycles. The number of aliphatic hydroxyl groups is 2. The minimum Gasteiger partial charge on any atom is -0.489 e. The van der Waals surface area contributed by atoms with E-state index in [4.69, 9.17) is 74.8 Å². The van der Waals surface area contributed by atoms with Crippen molar-refractivity contribution in [3.05, 3.63) is 68.7 Å². The topological polar surface area (TPSA) is 130 Å². The molecule has 2 aromatic rings. The molecule has 0 radical (unpaired) electrons. The van der Waals surface area contributed by atoms with Crippen molar-refractivity contribution in [3.63, 3.8) is 0 Å². The Bertz CT molecular complexity index is 1240. The molecule has 0 aliphatic carbocycles. The zero-order valence-electron chi connectivity index (χ0n) is 23.9. The largest absolute Gasteiger partial charge is 0.514 e. The molecule has 0 amide bonds. The summed E-state index contributed by atoms with van der Waals surface area (Å²) in [5.74, 6) is -0.488. The van der Waals surface area contributed by atoms with E-state index in [1.165, 1.54) is 38.1 Å². The number of rotatable bonds is 14. The van der Waals surface area contributed by atoms with Crippen LogP contribution in [0.2, 0.25) is 20.1 Å². The van der Waals surface area contributed by atoms with Gasteiger partial charge in [-0.05, 0) is 26.0 Å². The summed E-state index contributed by atoms with van der Waals surface area (Å²) in [6.07, 6.45) is -1.30. The number of aliphatic hydroxyl groups excluding tert-OH is 2. The first-order chi connectivity index (χ1) is 20.1. The molecule has 2 N–H and O–H groups in total. The van der Waals surface area contributed by atoms with Crippen LogP contribution < -0.4 is 18.9 Å². The predicted molar refractivity (Wildman–Crippen MR) is 164 cm³/mol. The van der Waals surface area contributed by atoms with E-state index in [9.17, 15) is 19.8 Å². The summed E-state index contributed by atoms with van der Waals surface area (Å²) in [6, 6.07) is 2.89. The lowest BCUT2D eigenvalue weighted by Crippen LogP contribution is -2.25. The average molecular weight is 682 g/mol. The molecule has 10 nitrogen and oxygen atoms in total. The van der Waals surface area contributed by atoms with Crippen LogP contribution in [0.4, 0.5) is 9.59 Å². The predicted octanol–water partition coefficient (Wildman–Crippen LogP) is 7.55. The quantitative estimate of drug-likeness (QED) is 0.117. The van der Waals surface area contributed by atoms with Gasteiger partial charge in [-0.3, -0.25) is 0 Å². The minimum atomic E-state index is -1.16. The van der Waals surface area contributed by atoms with E-state index in [1.54, 1.807) is 13.8 Å². The first-order valence-electron chi connectivity index (χ1n) is 12.7. The smallest absolute Gasteiger partial charge is 0.489 e. The van der Waals surface area contributed by atoms with Crippen LogP contribution in [0, 0.1) is 0 Å². The highest BCUT2D eigenvalue weighted by atomic mass is 35.5. The first kappa shape index (κ1) is 36.3. The van der Waals surface area contributed by atoms with Crippen LogP contribution >= 0.6 is 46.4 Å². The summed E-state index contributed by atoms with van der Waals surface area (Å²) >= 11 is 26.4. The molecule has 14 heteroatoms. The average Bonchev–Trinajstić information content (AvgIpc) is 2.93. The third-order valence-corrected chi connectivity index (χ3v) is 6.80. The van der Waals surface area contributed by atoms with E-state index in [-0.39, 0.29) is 69.5 Å². The summed E-state index contributed by atoms with van der Waals surface area (Å²) in [4.78, 5) is 24.3. The van der Waals surface area contributed by atoms with Gasteiger partial charge in [0.2, 0.25) is 0 Å². The summed E-state index contributed by atoms with van der Waals surface area (Å²) < 4.78 is 31.9. The third kappa shape index (κ3) is 9.56. The van der Waals surface area contributed by atoms with Gasteiger partial charge in [0.1, 0.15) is 48.0 Å². The molecule has 2 atom stereocenters. The molecule has 0 bridgehead atoms. The van der Waals surface area contributed by atoms with Crippen molar-refractivity contribution in [2.45, 2.75) is 45.3 Å². The van der Waals surface area contributed by atoms with Crippen molar-refractivity contribution < 1.29 is 48.2 Å². The Morgan fingerprint density at radius 2 is 1.12 bits per heavy atom. The second-order valence-electron chi connectivity index (χ2n) is 9.60. The van der Waals surface area contributed by atoms with Crippen LogP contribution in [-0.2, 0) is 14.9 Å². The van der Waals surface area contributed by atoms with E-state index in [1.807, 2.05) is 0 Å². The summed E-state index contributed by atoms with van der Waals surface area (Å²) in [5, 5.41) is 19.3. The second-order valence-corrected chi connectivity index (χ2v) is 11.2. The molecule has 236 valence electrons. The Morgan fingerprint density at radius 3 is 1.42 bits per heavy atom. The molecule has 2 unspecified atom stereocenters. The zero-order chi connectivity index (χ0) is 32.5. The first-order valence-corrected chi connectivity index (χ1v) is 14.2. The van der Waals surface area contributed by atoms with Crippen molar-refractivity contribution in [1.29, 1.82) is 0 Å². The Kier molecular flexibility index (Phi) is 13.8. The Morgan fingerprint density at radius 1 is 0.767 bits per heavy atom. The lowest BCUT2D eigenvalue weighted by Gasteiger charge is -2.32. The fraction of sp³-hybridized carbons (Fsp3) is 0.379. The Hall–Kier alpha value is -2.86. The maximum atomic E-state index is 12.2. The van der Waals surface area contributed by atoms with Gasteiger partial charge in [0.25, 0.3) is 0 Å². The van der Waals surface area contributed by atoms with Crippen LogP contribution in [0.15, 0.2) is 37.4 Å². The number of ether oxygens (including phenoxy) is 6. The van der Waals surface area contributed by atoms with Crippen LogP contribution in [0.25, 0.3) is 0 Å². The van der Waals surface area contributed by atoms with Crippen molar-refractivity contribution >= 4 is 58.7 Å². The van der Waals surface area contributed by atoms with Gasteiger partial charge in [-0.1, -0.05) is 85.6 Å². The molecule has 2 aromatic carbocycles. The van der Waals surface area contributed by atoms with Crippen LogP contribution in [0.3, 0.4) is 0 Å². The van der Waals surface area contributed by atoms with Gasteiger partial charge >= 0.3 is 12.3 Å². The number of halogens is 4. The van der Waals surface area contributed by atoms with Crippen molar-refractivity contribution in [2.75, 3.05) is 26.4 Å². The minimum absolute atomic E-state index is 0.00513. The lowest BCUT2D eigenvalue weighted by atomic mass is 9.77. The maximum absolute atomic E-state index is 12.2. The number of carbonyl (C=O) groups is 2. The second kappa shape index (κ2) is 16.3. The summed E-state index contributed by atoms with van der Waals surface area (Å²) in [6.45, 7) is 12.8. The maximum Gasteiger partial charge on any atom is 0.514 e. The van der Waals surface area contributed by atoms with E-state index < -0.39 is 29.9 Å². The third-order valence-electron chi connectivity index (χ3n) is 5.56. The highest BCUT2D eigenvalue weighted by molar-refractivity contribution is 6.39. The van der Waals surface area contributed by atoms with Gasteiger partial charge in [-0.15, -0.1) is 0 Å². The van der Waals surface area contributed by atoms with Crippen LogP contribution in [0.1, 0.15) is 38.8 Å². The molecular formula is C29H32Cl4O10. The summed E-state index contributed by atoms with van der Waals surface area (Å²) in [7, 11) is 0. The van der Waals surface area contributed by atoms with Gasteiger partial charge in [0.15, 0.2) is 11.5 Å². The normalized spacial score (nSPS) is 12.5. The fourth-order valence-electron chi connectivity index (χ4n) is 3.60. The molecule has 0 heterocycles. The van der Waals surface area contributed by atoms with Gasteiger partial charge in [0.05, 0.1) is 22.3 Å². The van der Waals surface area contributed by atoms with Crippen molar-refractivity contribution in [3.8, 4) is 23.0 Å². The molecule has 0 fully saturated rings. The van der Waals surface area contributed by atoms with Gasteiger partial charge < -0.3 is 38.6 Å². The van der Waals surface area contributed by atoms with Crippen molar-refractivity contribution in [1.82, 2.24) is 0 Å². The molecule has 0 aliphatic rings. The van der Waals surface area contributed by atoms with E-state index in [0.717, 1.165) is 0 Å². The molecule has 0 spiro atoms. The van der Waals surface area contributed by atoms with Crippen LogP contribution in [0.5, 0.6) is 23.0 Å². The fourth-order valence-corrected chi connectivity index (χ4v) is 4.77. The molecule has 0 saturated heterocycles. The van der Waals surface area contributed by atoms with Crippen molar-refractivity contribution in [2.24, 2.45) is 0 Å². The lowest BCUT2D eigenvalue weighted by molar-refractivity contribution is 0.108. The molecule has 43 heavy (non-hydrogen) atoms. The Labute approximate surface area is 269 Å². The number of carbonyl (C=O) groups excluding carboxylic acids is 2. The van der Waals surface area contributed by atoms with Gasteiger partial charge in [-0.2, -0.15) is 0 Å². The standard InChI is InChI=1S/C29H32Cl4O10/c1-7-9-38-27(36)42-25-19(30)11-17(23(21(25)32)40-13-15(3)34)29(5,6)18-12-20(31)26(43-28(37)39-10-8-2)22(33)24(18)41-14-16(4)35/h7-8,11-12,15-16,34-35H,1-2,9-10,13-14H2,3-6H3. The van der Waals surface area contributed by atoms with Gasteiger partial charge in [0, 0.05) is 16.5 Å². The molecule has 2 rings (SSSR count). The number of benzene rings is 2. The molecule has 0 aromatic heterocycles. The summed E-state index contributed by atoms with van der Waals surface area (Å²) in [5.41, 5.74) is -0.488. The van der Waals surface area contributed by atoms with Gasteiger partial charge in [-0.25, -0.2) is 9.59 Å². The monoisotopic (exact) mass is 680 g/mol.